The molecule has 2 fully saturated rings. The quantitative estimate of drug-likeness (QED) is 0.500. The van der Waals surface area contributed by atoms with Gasteiger partial charge >= 0.3 is 0 Å². The van der Waals surface area contributed by atoms with E-state index in [-0.39, 0.29) is 18.0 Å². The number of benzene rings is 2. The van der Waals surface area contributed by atoms with Gasteiger partial charge in [-0.15, -0.1) is 0 Å². The highest BCUT2D eigenvalue weighted by Gasteiger charge is 2.41. The van der Waals surface area contributed by atoms with Crippen molar-refractivity contribution in [3.63, 3.8) is 0 Å². The molecule has 0 saturated carbocycles. The number of piperidine rings is 1. The van der Waals surface area contributed by atoms with Crippen molar-refractivity contribution in [1.82, 2.24) is 9.47 Å². The Bertz CT molecular complexity index is 1200. The van der Waals surface area contributed by atoms with Crippen LogP contribution in [-0.4, -0.2) is 54.1 Å². The number of halogens is 2. The summed E-state index contributed by atoms with van der Waals surface area (Å²) < 4.78 is 48.1. The van der Waals surface area contributed by atoms with Crippen LogP contribution < -0.4 is 4.74 Å². The van der Waals surface area contributed by atoms with Crippen LogP contribution in [0.15, 0.2) is 55.1 Å². The van der Waals surface area contributed by atoms with Crippen molar-refractivity contribution in [1.29, 1.82) is 0 Å². The third-order valence-electron chi connectivity index (χ3n) is 6.49. The molecular weight excluding hydrogens is 442 g/mol. The monoisotopic (exact) mass is 468 g/mol. The van der Waals surface area contributed by atoms with Crippen molar-refractivity contribution in [2.75, 3.05) is 32.9 Å². The van der Waals surface area contributed by atoms with Crippen LogP contribution in [-0.2, 0) is 16.0 Å². The number of amides is 1. The number of fused-ring (bicyclic) bond motifs is 1. The number of rotatable bonds is 6. The molecule has 8 heteroatoms. The van der Waals surface area contributed by atoms with Gasteiger partial charge in [0.2, 0.25) is 0 Å². The van der Waals surface area contributed by atoms with Gasteiger partial charge in [-0.3, -0.25) is 4.79 Å². The third kappa shape index (κ3) is 4.08. The zero-order chi connectivity index (χ0) is 23.7. The lowest BCUT2D eigenvalue weighted by molar-refractivity contribution is -0.181. The molecule has 2 aromatic carbocycles. The molecule has 0 unspecified atom stereocenters. The minimum atomic E-state index is -0.658. The van der Waals surface area contributed by atoms with Gasteiger partial charge in [0, 0.05) is 36.9 Å². The van der Waals surface area contributed by atoms with Gasteiger partial charge in [-0.1, -0.05) is 24.8 Å². The highest BCUT2D eigenvalue weighted by Crippen LogP contribution is 2.34. The van der Waals surface area contributed by atoms with E-state index in [9.17, 15) is 13.6 Å². The standard InChI is InChI=1S/C26H26F2N2O4/c1-2-13-32-24-8-4-7-22-18(24)16-23(30(22)17-19-20(27)5-3-6-21(19)28)25(31)29-11-9-26(10-12-29)33-14-15-34-26/h2-8,16H,1,9-15,17H2. The van der Waals surface area contributed by atoms with Gasteiger partial charge in [0.05, 0.1) is 25.3 Å². The second-order valence-electron chi connectivity index (χ2n) is 8.50. The fourth-order valence-corrected chi connectivity index (χ4v) is 4.72. The van der Waals surface area contributed by atoms with Gasteiger partial charge in [0.15, 0.2) is 5.79 Å². The minimum absolute atomic E-state index is 0.100. The van der Waals surface area contributed by atoms with Crippen molar-refractivity contribution in [3.05, 3.63) is 78.0 Å². The highest BCUT2D eigenvalue weighted by atomic mass is 19.1. The van der Waals surface area contributed by atoms with Gasteiger partial charge in [0.1, 0.15) is 29.7 Å². The Morgan fingerprint density at radius 3 is 2.44 bits per heavy atom. The third-order valence-corrected chi connectivity index (χ3v) is 6.49. The Labute approximate surface area is 196 Å². The fraction of sp³-hybridized carbons (Fsp3) is 0.346. The average Bonchev–Trinajstić information content (AvgIpc) is 3.45. The smallest absolute Gasteiger partial charge is 0.270 e. The Hall–Kier alpha value is -3.23. The summed E-state index contributed by atoms with van der Waals surface area (Å²) in [6.07, 6.45) is 2.79. The lowest BCUT2D eigenvalue weighted by atomic mass is 10.0. The summed E-state index contributed by atoms with van der Waals surface area (Å²) in [6, 6.07) is 10.9. The predicted molar refractivity (Wildman–Crippen MR) is 123 cm³/mol. The molecule has 0 atom stereocenters. The summed E-state index contributed by atoms with van der Waals surface area (Å²) >= 11 is 0. The summed E-state index contributed by atoms with van der Waals surface area (Å²) in [4.78, 5) is 15.4. The summed E-state index contributed by atoms with van der Waals surface area (Å²) in [5.74, 6) is -1.56. The topological polar surface area (TPSA) is 52.9 Å². The molecule has 1 amide bonds. The van der Waals surface area contributed by atoms with Crippen LogP contribution in [0, 0.1) is 11.6 Å². The van der Waals surface area contributed by atoms with Crippen LogP contribution >= 0.6 is 0 Å². The summed E-state index contributed by atoms with van der Waals surface area (Å²) in [6.45, 7) is 5.90. The van der Waals surface area contributed by atoms with Crippen LogP contribution in [0.25, 0.3) is 10.9 Å². The van der Waals surface area contributed by atoms with Crippen molar-refractivity contribution in [2.24, 2.45) is 0 Å². The molecule has 3 aromatic rings. The molecular formula is C26H26F2N2O4. The number of hydrogen-bond donors (Lipinski definition) is 0. The molecule has 5 rings (SSSR count). The van der Waals surface area contributed by atoms with Crippen LogP contribution in [0.5, 0.6) is 5.75 Å². The van der Waals surface area contributed by atoms with Crippen molar-refractivity contribution >= 4 is 16.8 Å². The zero-order valence-electron chi connectivity index (χ0n) is 18.8. The molecule has 178 valence electrons. The number of carbonyl (C=O) groups excluding carboxylic acids is 1. The van der Waals surface area contributed by atoms with Crippen molar-refractivity contribution < 1.29 is 27.8 Å². The molecule has 1 aromatic heterocycles. The first-order valence-corrected chi connectivity index (χ1v) is 11.4. The van der Waals surface area contributed by atoms with E-state index in [1.807, 2.05) is 6.07 Å². The first-order chi connectivity index (χ1) is 16.5. The Kier molecular flexibility index (Phi) is 6.10. The summed E-state index contributed by atoms with van der Waals surface area (Å²) in [5.41, 5.74) is 0.900. The summed E-state index contributed by atoms with van der Waals surface area (Å²) in [5, 5.41) is 0.695. The molecule has 1 spiro atoms. The number of nitrogens with zero attached hydrogens (tertiary/aromatic N) is 2. The largest absolute Gasteiger partial charge is 0.489 e. The second-order valence-corrected chi connectivity index (χ2v) is 8.50. The van der Waals surface area contributed by atoms with E-state index in [2.05, 4.69) is 6.58 Å². The lowest BCUT2D eigenvalue weighted by Crippen LogP contribution is -2.47. The first-order valence-electron chi connectivity index (χ1n) is 11.4. The SMILES string of the molecule is C=CCOc1cccc2c1cc(C(=O)N1CCC3(CC1)OCCO3)n2Cc1c(F)cccc1F. The van der Waals surface area contributed by atoms with E-state index >= 15 is 0 Å². The molecule has 3 heterocycles. The lowest BCUT2D eigenvalue weighted by Gasteiger charge is -2.37. The molecule has 2 aliphatic heterocycles. The minimum Gasteiger partial charge on any atom is -0.489 e. The molecule has 0 aliphatic carbocycles. The van der Waals surface area contributed by atoms with E-state index in [1.165, 1.54) is 18.2 Å². The van der Waals surface area contributed by atoms with Crippen molar-refractivity contribution in [2.45, 2.75) is 25.2 Å². The molecule has 2 aliphatic rings. The number of likely N-dealkylation sites (tertiary alicyclic amines) is 1. The van der Waals surface area contributed by atoms with E-state index in [1.54, 1.807) is 33.7 Å². The highest BCUT2D eigenvalue weighted by molar-refractivity contribution is 6.00. The van der Waals surface area contributed by atoms with Gasteiger partial charge in [0.25, 0.3) is 5.91 Å². The number of hydrogen-bond acceptors (Lipinski definition) is 4. The normalized spacial score (nSPS) is 17.4. The van der Waals surface area contributed by atoms with E-state index in [0.29, 0.717) is 68.1 Å². The maximum absolute atomic E-state index is 14.5. The molecule has 0 radical (unpaired) electrons. The van der Waals surface area contributed by atoms with Crippen LogP contribution in [0.3, 0.4) is 0 Å². The van der Waals surface area contributed by atoms with Crippen molar-refractivity contribution in [3.8, 4) is 5.75 Å². The zero-order valence-corrected chi connectivity index (χ0v) is 18.8. The van der Waals surface area contributed by atoms with Gasteiger partial charge in [-0.05, 0) is 30.3 Å². The molecule has 0 N–H and O–H groups in total. The van der Waals surface area contributed by atoms with Gasteiger partial charge in [-0.2, -0.15) is 0 Å². The maximum atomic E-state index is 14.5. The molecule has 34 heavy (non-hydrogen) atoms. The average molecular weight is 469 g/mol. The maximum Gasteiger partial charge on any atom is 0.270 e. The second kappa shape index (κ2) is 9.19. The first kappa shape index (κ1) is 22.6. The predicted octanol–water partition coefficient (Wildman–Crippen LogP) is 4.51. The Morgan fingerprint density at radius 1 is 1.09 bits per heavy atom. The van der Waals surface area contributed by atoms with E-state index < -0.39 is 17.4 Å². The molecule has 2 saturated heterocycles. The van der Waals surface area contributed by atoms with Crippen LogP contribution in [0.2, 0.25) is 0 Å². The van der Waals surface area contributed by atoms with E-state index in [0.717, 1.165) is 0 Å². The van der Waals surface area contributed by atoms with Gasteiger partial charge in [-0.25, -0.2) is 8.78 Å². The number of aromatic nitrogens is 1. The van der Waals surface area contributed by atoms with Crippen LogP contribution in [0.1, 0.15) is 28.9 Å². The Balaban J connectivity index is 1.53. The molecule has 0 bridgehead atoms. The Morgan fingerprint density at radius 2 is 1.76 bits per heavy atom. The number of carbonyl (C=O) groups is 1. The van der Waals surface area contributed by atoms with E-state index in [4.69, 9.17) is 14.2 Å². The molecule has 6 nitrogen and oxygen atoms in total. The van der Waals surface area contributed by atoms with Gasteiger partial charge < -0.3 is 23.7 Å². The summed E-state index contributed by atoms with van der Waals surface area (Å²) in [7, 11) is 0. The number of ether oxygens (including phenoxy) is 3. The van der Waals surface area contributed by atoms with Crippen LogP contribution in [0.4, 0.5) is 8.78 Å². The fourth-order valence-electron chi connectivity index (χ4n) is 4.72.